The van der Waals surface area contributed by atoms with Crippen LogP contribution in [0.15, 0.2) is 29.2 Å². The van der Waals surface area contributed by atoms with Crippen molar-refractivity contribution in [2.75, 3.05) is 0 Å². The van der Waals surface area contributed by atoms with Crippen molar-refractivity contribution in [2.45, 2.75) is 113 Å². The Hall–Kier alpha value is -1.33. The lowest BCUT2D eigenvalue weighted by Crippen LogP contribution is -2.24. The summed E-state index contributed by atoms with van der Waals surface area (Å²) in [5.74, 6) is 1.16. The largest absolute Gasteiger partial charge is 0.393 e. The van der Waals surface area contributed by atoms with E-state index in [0.29, 0.717) is 63.1 Å². The highest BCUT2D eigenvalue weighted by atomic mass is 35.7. The number of benzene rings is 1. The van der Waals surface area contributed by atoms with Crippen LogP contribution >= 0.6 is 10.7 Å². The first-order valence-electron chi connectivity index (χ1n) is 12.9. The molecule has 0 amide bonds. The zero-order chi connectivity index (χ0) is 27.6. The van der Waals surface area contributed by atoms with Gasteiger partial charge in [-0.2, -0.15) is 8.42 Å². The minimum absolute atomic E-state index is 0.171. The van der Waals surface area contributed by atoms with Crippen molar-refractivity contribution in [3.05, 3.63) is 29.8 Å². The van der Waals surface area contributed by atoms with Crippen LogP contribution in [0, 0.1) is 12.8 Å². The normalized spacial score (nSPS) is 23.9. The highest BCUT2D eigenvalue weighted by molar-refractivity contribution is 8.14. The van der Waals surface area contributed by atoms with Crippen LogP contribution in [-0.4, -0.2) is 51.0 Å². The van der Waals surface area contributed by atoms with Crippen molar-refractivity contribution in [1.29, 1.82) is 0 Å². The van der Waals surface area contributed by atoms with Gasteiger partial charge in [-0.3, -0.25) is 13.8 Å². The Morgan fingerprint density at radius 1 is 0.784 bits per heavy atom. The molecule has 8 nitrogen and oxygen atoms in total. The second-order valence-electron chi connectivity index (χ2n) is 10.2. The van der Waals surface area contributed by atoms with Gasteiger partial charge in [0.25, 0.3) is 10.1 Å². The Balaban J connectivity index is 0.000000215. The third kappa shape index (κ3) is 11.9. The molecule has 0 atom stereocenters. The summed E-state index contributed by atoms with van der Waals surface area (Å²) in [6, 6.07) is 6.55. The second-order valence-corrected chi connectivity index (χ2v) is 14.7. The molecular formula is C26H39ClO8S2. The van der Waals surface area contributed by atoms with Gasteiger partial charge in [0, 0.05) is 36.4 Å². The molecule has 3 aliphatic rings. The summed E-state index contributed by atoms with van der Waals surface area (Å²) in [4.78, 5) is 21.7. The summed E-state index contributed by atoms with van der Waals surface area (Å²) in [7, 11) is -1.75. The van der Waals surface area contributed by atoms with E-state index in [1.807, 2.05) is 6.92 Å². The number of carbonyl (C=O) groups excluding carboxylic acids is 2. The Labute approximate surface area is 225 Å². The molecule has 3 fully saturated rings. The van der Waals surface area contributed by atoms with Gasteiger partial charge in [-0.25, -0.2) is 8.42 Å². The van der Waals surface area contributed by atoms with Crippen molar-refractivity contribution in [1.82, 2.24) is 0 Å². The monoisotopic (exact) mass is 578 g/mol. The Kier molecular flexibility index (Phi) is 12.7. The molecule has 0 bridgehead atoms. The van der Waals surface area contributed by atoms with Crippen molar-refractivity contribution in [3.8, 4) is 0 Å². The first kappa shape index (κ1) is 31.9. The Morgan fingerprint density at radius 2 is 1.24 bits per heavy atom. The number of aliphatic hydroxyl groups excluding tert-OH is 1. The maximum atomic E-state index is 12.0. The maximum Gasteiger partial charge on any atom is 0.297 e. The number of carbonyl (C=O) groups is 2. The van der Waals surface area contributed by atoms with E-state index >= 15 is 0 Å². The van der Waals surface area contributed by atoms with Crippen molar-refractivity contribution >= 4 is 41.4 Å². The van der Waals surface area contributed by atoms with Gasteiger partial charge in [0.15, 0.2) is 0 Å². The maximum absolute atomic E-state index is 12.0. The first-order chi connectivity index (χ1) is 17.3. The van der Waals surface area contributed by atoms with E-state index in [4.69, 9.17) is 20.0 Å². The number of ketones is 2. The van der Waals surface area contributed by atoms with E-state index in [-0.39, 0.29) is 28.1 Å². The highest BCUT2D eigenvalue weighted by Crippen LogP contribution is 2.29. The van der Waals surface area contributed by atoms with E-state index < -0.39 is 19.2 Å². The fourth-order valence-electron chi connectivity index (χ4n) is 4.38. The molecule has 0 spiro atoms. The van der Waals surface area contributed by atoms with E-state index in [0.717, 1.165) is 31.2 Å². The first-order valence-corrected chi connectivity index (χ1v) is 16.7. The standard InChI is InChI=1S/C13H16O4S.C7H13ClO2S.C6H10O2/c1-10-2-8-13(9-3-10)18(15,16)17-12-6-4-11(14)5-7-12;1-6-2-4-7(5-3-6)11(8,9)10;7-5-1-2-6(8)4-3-5/h2-3,8-9,12H,4-7H2,1H3;6-7H,2-5H2,1H3;5,7H,1-4H2. The minimum atomic E-state index is -3.71. The van der Waals surface area contributed by atoms with Crippen LogP contribution in [-0.2, 0) is 32.9 Å². The third-order valence-corrected chi connectivity index (χ3v) is 10.3. The van der Waals surface area contributed by atoms with E-state index in [9.17, 15) is 26.4 Å². The molecule has 0 aliphatic heterocycles. The van der Waals surface area contributed by atoms with Crippen LogP contribution in [0.25, 0.3) is 0 Å². The van der Waals surface area contributed by atoms with E-state index in [1.165, 1.54) is 0 Å². The summed E-state index contributed by atoms with van der Waals surface area (Å²) >= 11 is 0. The van der Waals surface area contributed by atoms with Gasteiger partial charge in [0.2, 0.25) is 9.05 Å². The molecule has 1 aromatic carbocycles. The van der Waals surface area contributed by atoms with Gasteiger partial charge in [-0.1, -0.05) is 24.6 Å². The summed E-state index contributed by atoms with van der Waals surface area (Å²) in [5.41, 5.74) is 0.997. The van der Waals surface area contributed by atoms with Crippen LogP contribution in [0.4, 0.5) is 0 Å². The van der Waals surface area contributed by atoms with Gasteiger partial charge in [-0.05, 0) is 76.3 Å². The fourth-order valence-corrected chi connectivity index (χ4v) is 6.89. The topological polar surface area (TPSA) is 132 Å². The number of Topliss-reactive ketones (excluding diaryl/α,β-unsaturated/α-hetero) is 2. The zero-order valence-electron chi connectivity index (χ0n) is 21.6. The van der Waals surface area contributed by atoms with Crippen molar-refractivity contribution < 1.29 is 35.7 Å². The zero-order valence-corrected chi connectivity index (χ0v) is 24.0. The lowest BCUT2D eigenvalue weighted by molar-refractivity contribution is -0.122. The van der Waals surface area contributed by atoms with Crippen LogP contribution < -0.4 is 0 Å². The lowest BCUT2D eigenvalue weighted by Gasteiger charge is -2.23. The van der Waals surface area contributed by atoms with E-state index in [2.05, 4.69) is 6.92 Å². The minimum Gasteiger partial charge on any atom is -0.393 e. The van der Waals surface area contributed by atoms with Crippen molar-refractivity contribution in [3.63, 3.8) is 0 Å². The molecular weight excluding hydrogens is 540 g/mol. The number of hydrogen-bond acceptors (Lipinski definition) is 8. The molecule has 1 aromatic rings. The molecule has 0 radical (unpaired) electrons. The smallest absolute Gasteiger partial charge is 0.297 e. The predicted octanol–water partition coefficient (Wildman–Crippen LogP) is 4.84. The number of aliphatic hydroxyl groups is 1. The number of rotatable bonds is 4. The van der Waals surface area contributed by atoms with Crippen LogP contribution in [0.5, 0.6) is 0 Å². The molecule has 0 unspecified atom stereocenters. The second kappa shape index (κ2) is 14.7. The summed E-state index contributed by atoms with van der Waals surface area (Å²) in [6.07, 6.45) is 7.24. The van der Waals surface area contributed by atoms with Gasteiger partial charge in [0.05, 0.1) is 22.4 Å². The molecule has 0 heterocycles. The molecule has 210 valence electrons. The Bertz CT molecular complexity index is 1070. The highest BCUT2D eigenvalue weighted by Gasteiger charge is 2.28. The summed E-state index contributed by atoms with van der Waals surface area (Å²) < 4.78 is 50.9. The van der Waals surface area contributed by atoms with Gasteiger partial charge >= 0.3 is 0 Å². The van der Waals surface area contributed by atoms with Crippen LogP contribution in [0.1, 0.15) is 89.5 Å². The average Bonchev–Trinajstić information content (AvgIpc) is 2.83. The number of aryl methyl sites for hydroxylation is 1. The molecule has 1 N–H and O–H groups in total. The lowest BCUT2D eigenvalue weighted by atomic mass is 9.91. The molecule has 3 aliphatic carbocycles. The quantitative estimate of drug-likeness (QED) is 0.396. The summed E-state index contributed by atoms with van der Waals surface area (Å²) in [5, 5.41) is 8.60. The third-order valence-electron chi connectivity index (χ3n) is 6.94. The van der Waals surface area contributed by atoms with Crippen LogP contribution in [0.2, 0.25) is 0 Å². The van der Waals surface area contributed by atoms with E-state index in [1.54, 1.807) is 24.3 Å². The molecule has 37 heavy (non-hydrogen) atoms. The SMILES string of the molecule is CC1CCC(S(=O)(=O)Cl)CC1.Cc1ccc(S(=O)(=O)OC2CCC(=O)CC2)cc1.O=C1CCC(O)CC1. The fraction of sp³-hybridized carbons (Fsp3) is 0.692. The molecule has 11 heteroatoms. The van der Waals surface area contributed by atoms with Gasteiger partial charge < -0.3 is 5.11 Å². The van der Waals surface area contributed by atoms with Crippen LogP contribution in [0.3, 0.4) is 0 Å². The van der Waals surface area contributed by atoms with Gasteiger partial charge in [0.1, 0.15) is 11.6 Å². The number of hydrogen-bond donors (Lipinski definition) is 1. The molecule has 4 rings (SSSR count). The molecule has 0 saturated heterocycles. The predicted molar refractivity (Wildman–Crippen MR) is 142 cm³/mol. The molecule has 0 aromatic heterocycles. The van der Waals surface area contributed by atoms with Crippen molar-refractivity contribution in [2.24, 2.45) is 5.92 Å². The summed E-state index contributed by atoms with van der Waals surface area (Å²) in [6.45, 7) is 4.04. The Morgan fingerprint density at radius 3 is 1.68 bits per heavy atom. The average molecular weight is 579 g/mol. The number of halogens is 1. The molecule has 3 saturated carbocycles. The van der Waals surface area contributed by atoms with Gasteiger partial charge in [-0.15, -0.1) is 0 Å².